The van der Waals surface area contributed by atoms with Gasteiger partial charge >= 0.3 is 6.18 Å². The van der Waals surface area contributed by atoms with Gasteiger partial charge in [0, 0.05) is 25.5 Å². The van der Waals surface area contributed by atoms with Crippen molar-refractivity contribution in [2.45, 2.75) is 25.1 Å². The maximum atomic E-state index is 11.9. The molecule has 0 saturated carbocycles. The van der Waals surface area contributed by atoms with E-state index < -0.39 is 25.3 Å². The Hall–Kier alpha value is -1.57. The van der Waals surface area contributed by atoms with Crippen LogP contribution in [-0.2, 0) is 9.53 Å². The zero-order chi connectivity index (χ0) is 14.6. The number of likely N-dealkylation sites (tertiary alicyclic amines) is 1. The number of carbonyl (C=O) groups excluding carboxylic acids is 1. The second-order valence-corrected chi connectivity index (χ2v) is 4.73. The quantitative estimate of drug-likeness (QED) is 0.847. The molecule has 112 valence electrons. The highest BCUT2D eigenvalue weighted by molar-refractivity contribution is 5.77. The van der Waals surface area contributed by atoms with Crippen LogP contribution < -0.4 is 0 Å². The molecule has 20 heavy (non-hydrogen) atoms. The van der Waals surface area contributed by atoms with E-state index in [1.54, 1.807) is 16.9 Å². The van der Waals surface area contributed by atoms with E-state index in [-0.39, 0.29) is 6.04 Å². The van der Waals surface area contributed by atoms with E-state index in [1.165, 1.54) is 4.90 Å². The summed E-state index contributed by atoms with van der Waals surface area (Å²) in [6.07, 6.45) is 0.774. The van der Waals surface area contributed by atoms with Gasteiger partial charge < -0.3 is 9.64 Å². The lowest BCUT2D eigenvalue weighted by Crippen LogP contribution is -2.42. The Labute approximate surface area is 114 Å². The Morgan fingerprint density at radius 1 is 1.45 bits per heavy atom. The molecule has 2 rings (SSSR count). The van der Waals surface area contributed by atoms with Gasteiger partial charge in [0.05, 0.1) is 6.04 Å². The van der Waals surface area contributed by atoms with Crippen LogP contribution in [0.5, 0.6) is 0 Å². The first-order valence-electron chi connectivity index (χ1n) is 6.37. The fourth-order valence-corrected chi connectivity index (χ4v) is 2.24. The number of hydrogen-bond acceptors (Lipinski definition) is 3. The second-order valence-electron chi connectivity index (χ2n) is 4.73. The van der Waals surface area contributed by atoms with Crippen LogP contribution in [0.3, 0.4) is 0 Å². The Bertz CT molecular complexity index is 434. The number of ether oxygens (including phenoxy) is 1. The lowest BCUT2D eigenvalue weighted by Gasteiger charge is -2.32. The minimum atomic E-state index is -4.40. The Balaban J connectivity index is 1.81. The molecule has 1 atom stereocenters. The molecule has 0 aliphatic carbocycles. The number of amides is 1. The molecule has 0 unspecified atom stereocenters. The lowest BCUT2D eigenvalue weighted by molar-refractivity contribution is -0.178. The largest absolute Gasteiger partial charge is 0.411 e. The van der Waals surface area contributed by atoms with Gasteiger partial charge in [-0.15, -0.1) is 0 Å². The molecule has 0 N–H and O–H groups in total. The summed E-state index contributed by atoms with van der Waals surface area (Å²) in [7, 11) is 0. The topological polar surface area (TPSA) is 47.4 Å². The first-order valence-corrected chi connectivity index (χ1v) is 6.37. The zero-order valence-electron chi connectivity index (χ0n) is 10.8. The van der Waals surface area contributed by atoms with E-state index in [4.69, 9.17) is 0 Å². The molecule has 0 aromatic carbocycles. The van der Waals surface area contributed by atoms with Crippen LogP contribution in [0, 0.1) is 0 Å². The highest BCUT2D eigenvalue weighted by Gasteiger charge is 2.29. The van der Waals surface area contributed by atoms with Crippen molar-refractivity contribution in [3.63, 3.8) is 0 Å². The van der Waals surface area contributed by atoms with Crippen molar-refractivity contribution in [3.8, 4) is 0 Å². The van der Waals surface area contributed by atoms with E-state index >= 15 is 0 Å². The summed E-state index contributed by atoms with van der Waals surface area (Å²) in [5.74, 6) is -0.411. The molecule has 1 saturated heterocycles. The van der Waals surface area contributed by atoms with Crippen molar-refractivity contribution in [1.29, 1.82) is 0 Å². The van der Waals surface area contributed by atoms with Crippen LogP contribution in [0.2, 0.25) is 0 Å². The van der Waals surface area contributed by atoms with Crippen molar-refractivity contribution >= 4 is 5.91 Å². The third kappa shape index (κ3) is 4.22. The van der Waals surface area contributed by atoms with Gasteiger partial charge in [-0.1, -0.05) is 0 Å². The Morgan fingerprint density at radius 3 is 2.90 bits per heavy atom. The molecule has 1 aliphatic heterocycles. The van der Waals surface area contributed by atoms with E-state index in [1.807, 2.05) is 6.20 Å². The number of aromatic nitrogens is 2. The van der Waals surface area contributed by atoms with Crippen molar-refractivity contribution in [2.75, 3.05) is 26.3 Å². The zero-order valence-corrected chi connectivity index (χ0v) is 10.8. The number of hydrogen-bond donors (Lipinski definition) is 0. The van der Waals surface area contributed by atoms with Gasteiger partial charge in [-0.3, -0.25) is 9.48 Å². The van der Waals surface area contributed by atoms with E-state index in [9.17, 15) is 18.0 Å². The van der Waals surface area contributed by atoms with Gasteiger partial charge in [0.25, 0.3) is 0 Å². The summed E-state index contributed by atoms with van der Waals surface area (Å²) in [5, 5.41) is 4.13. The number of piperidine rings is 1. The standard InChI is InChI=1S/C12H16F3N3O2/c13-12(14,15)9-20-8-11(19)17-5-1-3-10(7-17)18-6-2-4-16-18/h2,4,6,10H,1,3,5,7-9H2/t10-/m0/s1. The van der Waals surface area contributed by atoms with Crippen molar-refractivity contribution in [1.82, 2.24) is 14.7 Å². The highest BCUT2D eigenvalue weighted by atomic mass is 19.4. The Kier molecular flexibility index (Phi) is 4.64. The van der Waals surface area contributed by atoms with Gasteiger partial charge in [0.2, 0.25) is 5.91 Å². The summed E-state index contributed by atoms with van der Waals surface area (Å²) in [5.41, 5.74) is 0. The van der Waals surface area contributed by atoms with Gasteiger partial charge in [-0.2, -0.15) is 18.3 Å². The molecule has 1 amide bonds. The average molecular weight is 291 g/mol. The van der Waals surface area contributed by atoms with Gasteiger partial charge in [0.1, 0.15) is 13.2 Å². The molecule has 1 aliphatic rings. The fraction of sp³-hybridized carbons (Fsp3) is 0.667. The van der Waals surface area contributed by atoms with Crippen LogP contribution in [0.25, 0.3) is 0 Å². The molecule has 5 nitrogen and oxygen atoms in total. The minimum absolute atomic E-state index is 0.0744. The first-order chi connectivity index (χ1) is 9.46. The van der Waals surface area contributed by atoms with Gasteiger partial charge in [-0.05, 0) is 18.9 Å². The summed E-state index contributed by atoms with van der Waals surface area (Å²) >= 11 is 0. The molecular formula is C12H16F3N3O2. The SMILES string of the molecule is O=C(COCC(F)(F)F)N1CCC[C@H](n2cccn2)C1. The normalized spacial score (nSPS) is 20.1. The van der Waals surface area contributed by atoms with Crippen LogP contribution in [0.15, 0.2) is 18.5 Å². The van der Waals surface area contributed by atoms with Gasteiger partial charge in [-0.25, -0.2) is 0 Å². The second kappa shape index (κ2) is 6.25. The summed E-state index contributed by atoms with van der Waals surface area (Å²) < 4.78 is 42.0. The molecule has 0 bridgehead atoms. The maximum Gasteiger partial charge on any atom is 0.411 e. The first kappa shape index (κ1) is 14.8. The highest BCUT2D eigenvalue weighted by Crippen LogP contribution is 2.21. The van der Waals surface area contributed by atoms with Crippen LogP contribution in [0.1, 0.15) is 18.9 Å². The van der Waals surface area contributed by atoms with Gasteiger partial charge in [0.15, 0.2) is 0 Å². The van der Waals surface area contributed by atoms with Crippen molar-refractivity contribution < 1.29 is 22.7 Å². The van der Waals surface area contributed by atoms with Crippen LogP contribution in [0.4, 0.5) is 13.2 Å². The smallest absolute Gasteiger partial charge is 0.362 e. The maximum absolute atomic E-state index is 11.9. The van der Waals surface area contributed by atoms with E-state index in [0.717, 1.165) is 12.8 Å². The molecule has 0 spiro atoms. The molecule has 0 radical (unpaired) electrons. The molecule has 1 aromatic rings. The molecule has 8 heteroatoms. The molecule has 1 fully saturated rings. The summed E-state index contributed by atoms with van der Waals surface area (Å²) in [4.78, 5) is 13.3. The van der Waals surface area contributed by atoms with E-state index in [0.29, 0.717) is 13.1 Å². The lowest BCUT2D eigenvalue weighted by atomic mass is 10.1. The third-order valence-electron chi connectivity index (χ3n) is 3.14. The number of alkyl halides is 3. The number of nitrogens with zero attached hydrogens (tertiary/aromatic N) is 3. The molecule has 1 aromatic heterocycles. The third-order valence-corrected chi connectivity index (χ3v) is 3.14. The predicted molar refractivity (Wildman–Crippen MR) is 64.0 cm³/mol. The Morgan fingerprint density at radius 2 is 2.25 bits per heavy atom. The number of carbonyl (C=O) groups is 1. The summed E-state index contributed by atoms with van der Waals surface area (Å²) in [6.45, 7) is -0.928. The van der Waals surface area contributed by atoms with Crippen molar-refractivity contribution in [3.05, 3.63) is 18.5 Å². The van der Waals surface area contributed by atoms with E-state index in [2.05, 4.69) is 9.84 Å². The number of halogens is 3. The van der Waals surface area contributed by atoms with Crippen molar-refractivity contribution in [2.24, 2.45) is 0 Å². The monoisotopic (exact) mass is 291 g/mol. The minimum Gasteiger partial charge on any atom is -0.362 e. The van der Waals surface area contributed by atoms with Crippen LogP contribution >= 0.6 is 0 Å². The van der Waals surface area contributed by atoms with Crippen LogP contribution in [-0.4, -0.2) is 53.1 Å². The predicted octanol–water partition coefficient (Wildman–Crippen LogP) is 1.63. The molecular weight excluding hydrogens is 275 g/mol. The fourth-order valence-electron chi connectivity index (χ4n) is 2.24. The summed E-state index contributed by atoms with van der Waals surface area (Å²) in [6, 6.07) is 1.87. The average Bonchev–Trinajstić information content (AvgIpc) is 2.91. The molecule has 2 heterocycles. The number of rotatable bonds is 4.